The van der Waals surface area contributed by atoms with Crippen LogP contribution in [0.3, 0.4) is 0 Å². The number of ether oxygens (including phenoxy) is 1. The lowest BCUT2D eigenvalue weighted by atomic mass is 10.00. The second-order valence-electron chi connectivity index (χ2n) is 7.59. The SMILES string of the molecule is C#CCNC(=O)CNC(=O)CN(C1CCN(C(C)c2ccc(OC)cc2Cl)CC1)S(C)=O. The van der Waals surface area contributed by atoms with Crippen LogP contribution >= 0.6 is 11.6 Å². The largest absolute Gasteiger partial charge is 0.497 e. The smallest absolute Gasteiger partial charge is 0.240 e. The standard InChI is InChI=1S/C22H31ClN4O4S/c1-5-10-24-21(28)14-25-22(29)15-27(32(4)30)17-8-11-26(12-9-17)16(2)19-7-6-18(31-3)13-20(19)23/h1,6-7,13,16-17H,8-12,14-15H2,2-4H3,(H,24,28)(H,25,29). The minimum absolute atomic E-state index is 0.0108. The van der Waals surface area contributed by atoms with E-state index >= 15 is 0 Å². The molecule has 10 heteroatoms. The van der Waals surface area contributed by atoms with Gasteiger partial charge in [-0.25, -0.2) is 8.51 Å². The molecule has 0 spiro atoms. The van der Waals surface area contributed by atoms with Gasteiger partial charge in [-0.15, -0.1) is 6.42 Å². The molecule has 1 heterocycles. The molecule has 1 aliphatic rings. The van der Waals surface area contributed by atoms with Crippen LogP contribution in [0.1, 0.15) is 31.4 Å². The van der Waals surface area contributed by atoms with E-state index in [9.17, 15) is 13.8 Å². The fourth-order valence-electron chi connectivity index (χ4n) is 3.75. The topological polar surface area (TPSA) is 91.0 Å². The van der Waals surface area contributed by atoms with Crippen LogP contribution in [0.25, 0.3) is 0 Å². The van der Waals surface area contributed by atoms with Gasteiger partial charge in [0.25, 0.3) is 0 Å². The van der Waals surface area contributed by atoms with Crippen LogP contribution in [-0.2, 0) is 20.6 Å². The van der Waals surface area contributed by atoms with Crippen molar-refractivity contribution in [1.82, 2.24) is 19.8 Å². The zero-order chi connectivity index (χ0) is 23.7. The normalized spacial score (nSPS) is 16.8. The van der Waals surface area contributed by atoms with Crippen LogP contribution in [-0.4, -0.2) is 77.4 Å². The summed E-state index contributed by atoms with van der Waals surface area (Å²) < 4.78 is 19.2. The molecule has 1 aromatic rings. The van der Waals surface area contributed by atoms with Crippen LogP contribution in [0, 0.1) is 12.3 Å². The molecule has 2 atom stereocenters. The Bertz CT molecular complexity index is 868. The van der Waals surface area contributed by atoms with Gasteiger partial charge in [0.2, 0.25) is 11.8 Å². The first kappa shape index (κ1) is 26.1. The Morgan fingerprint density at radius 3 is 2.59 bits per heavy atom. The molecule has 0 aromatic heterocycles. The highest BCUT2D eigenvalue weighted by molar-refractivity contribution is 7.81. The highest BCUT2D eigenvalue weighted by Crippen LogP contribution is 2.32. The highest BCUT2D eigenvalue weighted by atomic mass is 35.5. The predicted molar refractivity (Wildman–Crippen MR) is 127 cm³/mol. The van der Waals surface area contributed by atoms with Gasteiger partial charge in [0.05, 0.1) is 37.7 Å². The Hall–Kier alpha value is -2.12. The van der Waals surface area contributed by atoms with Crippen molar-refractivity contribution < 1.29 is 18.5 Å². The molecule has 2 amide bonds. The number of benzene rings is 1. The molecule has 0 aliphatic carbocycles. The van der Waals surface area contributed by atoms with Crippen LogP contribution in [0.4, 0.5) is 0 Å². The number of carbonyl (C=O) groups is 2. The number of carbonyl (C=O) groups excluding carboxylic acids is 2. The highest BCUT2D eigenvalue weighted by Gasteiger charge is 2.30. The molecule has 0 radical (unpaired) electrons. The number of terminal acetylenes is 1. The summed E-state index contributed by atoms with van der Waals surface area (Å²) >= 11 is 6.44. The van der Waals surface area contributed by atoms with Crippen LogP contribution in [0.15, 0.2) is 18.2 Å². The summed E-state index contributed by atoms with van der Waals surface area (Å²) in [7, 11) is 0.294. The van der Waals surface area contributed by atoms with Crippen LogP contribution < -0.4 is 15.4 Å². The number of nitrogens with zero attached hydrogens (tertiary/aromatic N) is 2. The molecule has 0 bridgehead atoms. The molecule has 1 saturated heterocycles. The fourth-order valence-corrected chi connectivity index (χ4v) is 5.01. The molecular formula is C22H31ClN4O4S. The van der Waals surface area contributed by atoms with E-state index in [0.717, 1.165) is 37.2 Å². The quantitative estimate of drug-likeness (QED) is 0.491. The third kappa shape index (κ3) is 7.48. The van der Waals surface area contributed by atoms with Gasteiger partial charge >= 0.3 is 0 Å². The molecule has 0 saturated carbocycles. The van der Waals surface area contributed by atoms with E-state index in [0.29, 0.717) is 5.02 Å². The van der Waals surface area contributed by atoms with Gasteiger partial charge < -0.3 is 15.4 Å². The number of nitrogens with one attached hydrogen (secondary N) is 2. The van der Waals surface area contributed by atoms with E-state index in [4.69, 9.17) is 22.8 Å². The number of hydrogen-bond donors (Lipinski definition) is 2. The maximum atomic E-state index is 12.3. The van der Waals surface area contributed by atoms with Crippen molar-refractivity contribution in [3.63, 3.8) is 0 Å². The average Bonchev–Trinajstić information content (AvgIpc) is 2.79. The number of amides is 2. The summed E-state index contributed by atoms with van der Waals surface area (Å²) in [6.45, 7) is 3.61. The van der Waals surface area contributed by atoms with Crippen molar-refractivity contribution in [2.24, 2.45) is 0 Å². The maximum Gasteiger partial charge on any atom is 0.240 e. The van der Waals surface area contributed by atoms with Crippen molar-refractivity contribution in [3.05, 3.63) is 28.8 Å². The van der Waals surface area contributed by atoms with Crippen molar-refractivity contribution in [1.29, 1.82) is 0 Å². The lowest BCUT2D eigenvalue weighted by Crippen LogP contribution is -2.49. The molecule has 2 N–H and O–H groups in total. The molecule has 2 rings (SSSR count). The van der Waals surface area contributed by atoms with E-state index in [1.54, 1.807) is 17.7 Å². The summed E-state index contributed by atoms with van der Waals surface area (Å²) in [5.74, 6) is 2.31. The van der Waals surface area contributed by atoms with Crippen molar-refractivity contribution >= 4 is 34.4 Å². The molecule has 1 aromatic carbocycles. The fraction of sp³-hybridized carbons (Fsp3) is 0.545. The maximum absolute atomic E-state index is 12.3. The minimum atomic E-state index is -1.31. The first-order chi connectivity index (χ1) is 15.3. The third-order valence-electron chi connectivity index (χ3n) is 5.58. The number of halogens is 1. The summed E-state index contributed by atoms with van der Waals surface area (Å²) in [6.07, 6.45) is 8.20. The van der Waals surface area contributed by atoms with E-state index in [2.05, 4.69) is 28.4 Å². The van der Waals surface area contributed by atoms with Gasteiger partial charge in [0, 0.05) is 36.5 Å². The monoisotopic (exact) mass is 482 g/mol. The number of methoxy groups -OCH3 is 1. The van der Waals surface area contributed by atoms with Crippen molar-refractivity contribution in [3.8, 4) is 18.1 Å². The Balaban J connectivity index is 1.90. The number of hydrogen-bond acceptors (Lipinski definition) is 5. The lowest BCUT2D eigenvalue weighted by molar-refractivity contribution is -0.126. The third-order valence-corrected chi connectivity index (χ3v) is 6.99. The van der Waals surface area contributed by atoms with Gasteiger partial charge in [-0.1, -0.05) is 23.6 Å². The van der Waals surface area contributed by atoms with Crippen LogP contribution in [0.2, 0.25) is 5.02 Å². The van der Waals surface area contributed by atoms with Crippen molar-refractivity contribution in [2.45, 2.75) is 31.8 Å². The van der Waals surface area contributed by atoms with Gasteiger partial charge in [-0.05, 0) is 37.5 Å². The predicted octanol–water partition coefficient (Wildman–Crippen LogP) is 1.34. The first-order valence-corrected chi connectivity index (χ1v) is 12.3. The molecule has 176 valence electrons. The molecule has 32 heavy (non-hydrogen) atoms. The zero-order valence-corrected chi connectivity index (χ0v) is 20.3. The van der Waals surface area contributed by atoms with E-state index < -0.39 is 11.0 Å². The summed E-state index contributed by atoms with van der Waals surface area (Å²) in [4.78, 5) is 26.2. The second-order valence-corrected chi connectivity index (χ2v) is 9.31. The van der Waals surface area contributed by atoms with Gasteiger partial charge in [-0.2, -0.15) is 0 Å². The lowest BCUT2D eigenvalue weighted by Gasteiger charge is -2.39. The Labute approximate surface area is 197 Å². The van der Waals surface area contributed by atoms with Gasteiger partial charge in [0.1, 0.15) is 5.75 Å². The average molecular weight is 483 g/mol. The minimum Gasteiger partial charge on any atom is -0.497 e. The first-order valence-electron chi connectivity index (χ1n) is 10.4. The Kier molecular flexibility index (Phi) is 10.5. The van der Waals surface area contributed by atoms with E-state index in [1.165, 1.54) is 0 Å². The van der Waals surface area contributed by atoms with E-state index in [1.807, 2.05) is 18.2 Å². The Morgan fingerprint density at radius 2 is 2.03 bits per heavy atom. The van der Waals surface area contributed by atoms with Gasteiger partial charge in [-0.3, -0.25) is 14.5 Å². The summed E-state index contributed by atoms with van der Waals surface area (Å²) in [5, 5.41) is 5.69. The molecule has 8 nitrogen and oxygen atoms in total. The number of rotatable bonds is 10. The number of likely N-dealkylation sites (tertiary alicyclic amines) is 1. The number of piperidine rings is 1. The Morgan fingerprint density at radius 1 is 1.34 bits per heavy atom. The summed E-state index contributed by atoms with van der Waals surface area (Å²) in [6, 6.07) is 5.83. The zero-order valence-electron chi connectivity index (χ0n) is 18.7. The summed E-state index contributed by atoms with van der Waals surface area (Å²) in [5.41, 5.74) is 1.03. The van der Waals surface area contributed by atoms with Crippen molar-refractivity contribution in [2.75, 3.05) is 46.1 Å². The molecule has 2 unspecified atom stereocenters. The molecule has 1 fully saturated rings. The molecule has 1 aliphatic heterocycles. The van der Waals surface area contributed by atoms with Crippen LogP contribution in [0.5, 0.6) is 5.75 Å². The second kappa shape index (κ2) is 12.8. The van der Waals surface area contributed by atoms with Gasteiger partial charge in [0.15, 0.2) is 0 Å². The van der Waals surface area contributed by atoms with E-state index in [-0.39, 0.29) is 43.5 Å². The molecular weight excluding hydrogens is 452 g/mol.